The number of aromatic amines is 1. The maximum atomic E-state index is 12.6. The number of hydrogen-bond donors (Lipinski definition) is 3. The third kappa shape index (κ3) is 5.03. The first kappa shape index (κ1) is 23.1. The summed E-state index contributed by atoms with van der Waals surface area (Å²) in [7, 11) is -2.24. The van der Waals surface area contributed by atoms with Gasteiger partial charge in [-0.2, -0.15) is 0 Å². The van der Waals surface area contributed by atoms with Gasteiger partial charge in [0.2, 0.25) is 0 Å². The van der Waals surface area contributed by atoms with Gasteiger partial charge in [0.25, 0.3) is 5.56 Å². The van der Waals surface area contributed by atoms with Crippen molar-refractivity contribution >= 4 is 8.03 Å². The molecule has 1 aromatic rings. The van der Waals surface area contributed by atoms with Crippen LogP contribution in [0.15, 0.2) is 21.9 Å². The van der Waals surface area contributed by atoms with Gasteiger partial charge in [-0.05, 0) is 44.9 Å². The van der Waals surface area contributed by atoms with E-state index in [0.717, 1.165) is 12.8 Å². The van der Waals surface area contributed by atoms with Crippen LogP contribution in [0, 0.1) is 5.92 Å². The molecule has 4 unspecified atom stereocenters. The van der Waals surface area contributed by atoms with E-state index in [-0.39, 0.29) is 11.6 Å². The van der Waals surface area contributed by atoms with Crippen LogP contribution >= 0.6 is 8.03 Å². The van der Waals surface area contributed by atoms with Gasteiger partial charge in [-0.3, -0.25) is 18.9 Å². The molecule has 0 saturated heterocycles. The van der Waals surface area contributed by atoms with Crippen molar-refractivity contribution < 1.29 is 19.3 Å². The number of aliphatic hydroxyl groups is 2. The molecule has 6 atom stereocenters. The topological polar surface area (TPSA) is 122 Å². The van der Waals surface area contributed by atoms with Crippen molar-refractivity contribution in [2.75, 3.05) is 0 Å². The number of hydrogen-bond acceptors (Lipinski definition) is 6. The van der Waals surface area contributed by atoms with E-state index in [1.54, 1.807) is 0 Å². The second kappa shape index (κ2) is 9.53. The van der Waals surface area contributed by atoms with Gasteiger partial charge in [0.05, 0.1) is 17.7 Å². The second-order valence-corrected chi connectivity index (χ2v) is 9.66. The molecule has 8 nitrogen and oxygen atoms in total. The molecular weight excluding hydrogens is 383 g/mol. The molecular formula is C19H33N2O6P. The van der Waals surface area contributed by atoms with E-state index >= 15 is 0 Å². The molecule has 0 radical (unpaired) electrons. The molecule has 160 valence electrons. The molecule has 0 amide bonds. The third-order valence-corrected chi connectivity index (χ3v) is 8.26. The van der Waals surface area contributed by atoms with Crippen LogP contribution in [0.3, 0.4) is 0 Å². The van der Waals surface area contributed by atoms with Crippen LogP contribution < -0.4 is 11.2 Å². The van der Waals surface area contributed by atoms with Crippen LogP contribution in [0.25, 0.3) is 0 Å². The van der Waals surface area contributed by atoms with E-state index < -0.39 is 43.1 Å². The van der Waals surface area contributed by atoms with E-state index in [0.29, 0.717) is 19.3 Å². The molecule has 2 rings (SSSR count). The van der Waals surface area contributed by atoms with E-state index in [4.69, 9.17) is 4.52 Å². The number of rotatable bonds is 9. The molecule has 1 saturated carbocycles. The minimum Gasteiger partial charge on any atom is -0.390 e. The molecule has 3 N–H and O–H groups in total. The molecule has 1 aliphatic rings. The van der Waals surface area contributed by atoms with Gasteiger partial charge in [0.15, 0.2) is 8.03 Å². The second-order valence-electron chi connectivity index (χ2n) is 8.00. The summed E-state index contributed by atoms with van der Waals surface area (Å²) in [5.41, 5.74) is -1.78. The Morgan fingerprint density at radius 3 is 2.46 bits per heavy atom. The quantitative estimate of drug-likeness (QED) is 0.530. The summed E-state index contributed by atoms with van der Waals surface area (Å²) in [6.45, 7) is 7.82. The number of nitrogens with zero attached hydrogens (tertiary/aromatic N) is 1. The van der Waals surface area contributed by atoms with E-state index in [9.17, 15) is 24.4 Å². The molecule has 0 aromatic carbocycles. The minimum absolute atomic E-state index is 0.0300. The van der Waals surface area contributed by atoms with Crippen LogP contribution in [-0.2, 0) is 9.09 Å². The van der Waals surface area contributed by atoms with Crippen molar-refractivity contribution in [3.63, 3.8) is 0 Å². The van der Waals surface area contributed by atoms with Gasteiger partial charge in [0.1, 0.15) is 6.10 Å². The molecule has 28 heavy (non-hydrogen) atoms. The summed E-state index contributed by atoms with van der Waals surface area (Å²) in [5.74, 6) is -0.319. The van der Waals surface area contributed by atoms with Crippen LogP contribution in [0.5, 0.6) is 0 Å². The fourth-order valence-corrected chi connectivity index (χ4v) is 5.57. The average Bonchev–Trinajstić information content (AvgIpc) is 2.91. The normalized spacial score (nSPS) is 28.4. The Labute approximate surface area is 165 Å². The van der Waals surface area contributed by atoms with Gasteiger partial charge in [-0.25, -0.2) is 4.79 Å². The Hall–Kier alpha value is -1.21. The van der Waals surface area contributed by atoms with Crippen molar-refractivity contribution in [1.82, 2.24) is 9.55 Å². The Morgan fingerprint density at radius 2 is 1.93 bits per heavy atom. The largest absolute Gasteiger partial charge is 0.390 e. The zero-order valence-electron chi connectivity index (χ0n) is 17.1. The predicted molar refractivity (Wildman–Crippen MR) is 108 cm³/mol. The van der Waals surface area contributed by atoms with Crippen LogP contribution in [0.1, 0.15) is 65.8 Å². The zero-order chi connectivity index (χ0) is 21.1. The Kier molecular flexibility index (Phi) is 7.85. The summed E-state index contributed by atoms with van der Waals surface area (Å²) in [6.07, 6.45) is 2.15. The lowest BCUT2D eigenvalue weighted by molar-refractivity contribution is -0.0157. The van der Waals surface area contributed by atoms with Crippen molar-refractivity contribution in [3.05, 3.63) is 33.1 Å². The lowest BCUT2D eigenvalue weighted by Gasteiger charge is -2.33. The maximum absolute atomic E-state index is 12.6. The highest BCUT2D eigenvalue weighted by Crippen LogP contribution is 2.45. The maximum Gasteiger partial charge on any atom is 0.328 e. The Bertz CT molecular complexity index is 789. The lowest BCUT2D eigenvalue weighted by atomic mass is 9.87. The van der Waals surface area contributed by atoms with Gasteiger partial charge in [-0.15, -0.1) is 0 Å². The highest BCUT2D eigenvalue weighted by molar-refractivity contribution is 7.40. The summed E-state index contributed by atoms with van der Waals surface area (Å²) in [4.78, 5) is 25.5. The number of H-pyrrole nitrogens is 1. The minimum atomic E-state index is -2.24. The van der Waals surface area contributed by atoms with E-state index in [1.807, 2.05) is 27.7 Å². The average molecular weight is 416 g/mol. The van der Waals surface area contributed by atoms with Crippen molar-refractivity contribution in [1.29, 1.82) is 0 Å². The number of nitrogens with one attached hydrogen (secondary N) is 1. The smallest absolute Gasteiger partial charge is 0.328 e. The molecule has 1 aromatic heterocycles. The SMILES string of the molecule is CCC(CC)[PH](=O)OC(C)(CC)C[C@H]1CC(n2ccc(=O)[nH]c2=O)[C@H](O)C1O. The fraction of sp³-hybridized carbons (Fsp3) is 0.789. The highest BCUT2D eigenvalue weighted by atomic mass is 31.1. The monoisotopic (exact) mass is 416 g/mol. The van der Waals surface area contributed by atoms with E-state index in [1.165, 1.54) is 16.8 Å². The molecule has 0 bridgehead atoms. The van der Waals surface area contributed by atoms with Crippen LogP contribution in [-0.4, -0.2) is 43.2 Å². The third-order valence-electron chi connectivity index (χ3n) is 6.09. The Morgan fingerprint density at radius 1 is 1.29 bits per heavy atom. The summed E-state index contributed by atoms with van der Waals surface area (Å²) in [5, 5.41) is 21.1. The molecule has 0 spiro atoms. The highest BCUT2D eigenvalue weighted by Gasteiger charge is 2.45. The number of aliphatic hydroxyl groups excluding tert-OH is 2. The first-order valence-electron chi connectivity index (χ1n) is 10.1. The van der Waals surface area contributed by atoms with Crippen LogP contribution in [0.2, 0.25) is 0 Å². The van der Waals surface area contributed by atoms with Crippen molar-refractivity contribution in [2.45, 2.75) is 89.3 Å². The molecule has 1 aliphatic carbocycles. The summed E-state index contributed by atoms with van der Waals surface area (Å²) in [6, 6.07) is 0.580. The lowest BCUT2D eigenvalue weighted by Crippen LogP contribution is -2.37. The van der Waals surface area contributed by atoms with Gasteiger partial charge >= 0.3 is 5.69 Å². The number of aromatic nitrogens is 2. The molecule has 0 aliphatic heterocycles. The van der Waals surface area contributed by atoms with Gasteiger partial charge in [-0.1, -0.05) is 20.8 Å². The van der Waals surface area contributed by atoms with Crippen molar-refractivity contribution in [3.8, 4) is 0 Å². The predicted octanol–water partition coefficient (Wildman–Crippen LogP) is 2.06. The summed E-state index contributed by atoms with van der Waals surface area (Å²) < 4.78 is 19.9. The van der Waals surface area contributed by atoms with E-state index in [2.05, 4.69) is 4.98 Å². The van der Waals surface area contributed by atoms with Crippen molar-refractivity contribution in [2.24, 2.45) is 5.92 Å². The first-order chi connectivity index (χ1) is 13.2. The first-order valence-corrected chi connectivity index (χ1v) is 11.5. The molecule has 1 heterocycles. The zero-order valence-corrected chi connectivity index (χ0v) is 18.1. The van der Waals surface area contributed by atoms with Crippen LogP contribution in [0.4, 0.5) is 0 Å². The summed E-state index contributed by atoms with van der Waals surface area (Å²) >= 11 is 0. The standard InChI is InChI=1S/C19H33N2O6P/c1-5-13(6-2)28(26)27-19(4,7-3)11-12-10-14(17(24)16(12)23)21-9-8-15(22)20-18(21)25/h8-9,12-14,16-17,23-24,28H,5-7,10-11H2,1-4H3,(H,20,22,25)/t12-,14?,16?,17+,19?/m1/s1. The fourth-order valence-electron chi connectivity index (χ4n) is 4.03. The Balaban J connectivity index is 2.17. The molecule has 1 fully saturated rings. The molecule has 9 heteroatoms. The van der Waals surface area contributed by atoms with Gasteiger partial charge < -0.3 is 14.7 Å². The van der Waals surface area contributed by atoms with Gasteiger partial charge in [0, 0.05) is 17.9 Å².